The monoisotopic (exact) mass is 251 g/mol. The van der Waals surface area contributed by atoms with Gasteiger partial charge in [0.2, 0.25) is 0 Å². The molecule has 0 spiro atoms. The minimum absolute atomic E-state index is 0.293. The number of thioether (sulfide) groups is 1. The predicted molar refractivity (Wildman–Crippen MR) is 73.3 cm³/mol. The van der Waals surface area contributed by atoms with Gasteiger partial charge in [-0.3, -0.25) is 9.97 Å². The van der Waals surface area contributed by atoms with Gasteiger partial charge in [-0.2, -0.15) is 11.8 Å². The fraction of sp³-hybridized carbons (Fsp3) is 0.692. The van der Waals surface area contributed by atoms with E-state index in [1.165, 1.54) is 19.3 Å². The standard InChI is InChI=1S/C13H21N3S/c1-9-13(15-8-7-14-9)10(2)16-11-5-4-6-12(11)17-3/h7-8,10-12,16H,4-6H2,1-3H3. The molecule has 1 heterocycles. The van der Waals surface area contributed by atoms with Crippen LogP contribution < -0.4 is 5.32 Å². The Labute approximate surface area is 108 Å². The molecule has 2 rings (SSSR count). The molecule has 0 amide bonds. The van der Waals surface area contributed by atoms with Crippen molar-refractivity contribution >= 4 is 11.8 Å². The van der Waals surface area contributed by atoms with Gasteiger partial charge in [-0.25, -0.2) is 0 Å². The first kappa shape index (κ1) is 12.8. The fourth-order valence-electron chi connectivity index (χ4n) is 2.64. The molecule has 94 valence electrons. The Kier molecular flexibility index (Phi) is 4.40. The van der Waals surface area contributed by atoms with Gasteiger partial charge >= 0.3 is 0 Å². The van der Waals surface area contributed by atoms with Crippen LogP contribution in [-0.2, 0) is 0 Å². The van der Waals surface area contributed by atoms with Gasteiger partial charge in [0.05, 0.1) is 11.4 Å². The average molecular weight is 251 g/mol. The van der Waals surface area contributed by atoms with E-state index in [9.17, 15) is 0 Å². The lowest BCUT2D eigenvalue weighted by molar-refractivity contribution is 0.458. The first-order chi connectivity index (χ1) is 8.22. The van der Waals surface area contributed by atoms with E-state index >= 15 is 0 Å². The van der Waals surface area contributed by atoms with Gasteiger partial charge in [0.15, 0.2) is 0 Å². The van der Waals surface area contributed by atoms with Gasteiger partial charge < -0.3 is 5.32 Å². The summed E-state index contributed by atoms with van der Waals surface area (Å²) in [5, 5.41) is 4.47. The van der Waals surface area contributed by atoms with Crippen molar-refractivity contribution in [2.24, 2.45) is 0 Å². The summed E-state index contributed by atoms with van der Waals surface area (Å²) >= 11 is 1.98. The van der Waals surface area contributed by atoms with Gasteiger partial charge in [0.25, 0.3) is 0 Å². The SMILES string of the molecule is CSC1CCCC1NC(C)c1nccnc1C. The third kappa shape index (κ3) is 2.99. The quantitative estimate of drug-likeness (QED) is 0.893. The van der Waals surface area contributed by atoms with E-state index in [4.69, 9.17) is 0 Å². The van der Waals surface area contributed by atoms with Crippen molar-refractivity contribution in [1.29, 1.82) is 0 Å². The van der Waals surface area contributed by atoms with Gasteiger partial charge in [-0.05, 0) is 32.9 Å². The summed E-state index contributed by atoms with van der Waals surface area (Å²) in [5.74, 6) is 0. The number of aryl methyl sites for hydroxylation is 1. The molecule has 1 aliphatic rings. The van der Waals surface area contributed by atoms with Gasteiger partial charge in [-0.1, -0.05) is 6.42 Å². The van der Waals surface area contributed by atoms with Crippen LogP contribution in [0.25, 0.3) is 0 Å². The number of hydrogen-bond donors (Lipinski definition) is 1. The highest BCUT2D eigenvalue weighted by Gasteiger charge is 2.28. The minimum atomic E-state index is 0.293. The first-order valence-electron chi connectivity index (χ1n) is 6.28. The summed E-state index contributed by atoms with van der Waals surface area (Å²) in [6.07, 6.45) is 9.71. The van der Waals surface area contributed by atoms with E-state index in [1.807, 2.05) is 18.7 Å². The maximum atomic E-state index is 4.44. The van der Waals surface area contributed by atoms with Gasteiger partial charge in [0.1, 0.15) is 0 Å². The van der Waals surface area contributed by atoms with Gasteiger partial charge in [0, 0.05) is 29.7 Å². The van der Waals surface area contributed by atoms with Crippen LogP contribution >= 0.6 is 11.8 Å². The Hall–Kier alpha value is -0.610. The summed E-state index contributed by atoms with van der Waals surface area (Å²) < 4.78 is 0. The second kappa shape index (κ2) is 5.83. The summed E-state index contributed by atoms with van der Waals surface area (Å²) in [7, 11) is 0. The number of hydrogen-bond acceptors (Lipinski definition) is 4. The summed E-state index contributed by atoms with van der Waals surface area (Å²) in [6.45, 7) is 4.22. The smallest absolute Gasteiger partial charge is 0.0782 e. The Bertz CT molecular complexity index is 369. The zero-order chi connectivity index (χ0) is 12.3. The summed E-state index contributed by atoms with van der Waals surface area (Å²) in [4.78, 5) is 8.75. The second-order valence-corrected chi connectivity index (χ2v) is 5.80. The predicted octanol–water partition coefficient (Wildman–Crippen LogP) is 2.72. The molecule has 1 aromatic rings. The van der Waals surface area contributed by atoms with Crippen LogP contribution in [0, 0.1) is 6.92 Å². The Balaban J connectivity index is 2.01. The van der Waals surface area contributed by atoms with Crippen LogP contribution in [0.1, 0.15) is 43.6 Å². The van der Waals surface area contributed by atoms with E-state index in [1.54, 1.807) is 12.4 Å². The van der Waals surface area contributed by atoms with E-state index in [0.717, 1.165) is 16.6 Å². The topological polar surface area (TPSA) is 37.8 Å². The Morgan fingerprint density at radius 2 is 2.12 bits per heavy atom. The maximum Gasteiger partial charge on any atom is 0.0782 e. The van der Waals surface area contributed by atoms with Crippen LogP contribution in [0.2, 0.25) is 0 Å². The third-order valence-corrected chi connectivity index (χ3v) is 4.72. The van der Waals surface area contributed by atoms with E-state index in [0.29, 0.717) is 12.1 Å². The molecule has 1 saturated carbocycles. The van der Waals surface area contributed by atoms with Crippen LogP contribution in [0.5, 0.6) is 0 Å². The summed E-state index contributed by atoms with van der Waals surface area (Å²) in [5.41, 5.74) is 2.12. The lowest BCUT2D eigenvalue weighted by atomic mass is 10.1. The highest BCUT2D eigenvalue weighted by atomic mass is 32.2. The van der Waals surface area contributed by atoms with Crippen molar-refractivity contribution in [3.63, 3.8) is 0 Å². The minimum Gasteiger partial charge on any atom is -0.305 e. The number of rotatable bonds is 4. The van der Waals surface area contributed by atoms with Crippen molar-refractivity contribution in [3.05, 3.63) is 23.8 Å². The molecule has 3 nitrogen and oxygen atoms in total. The lowest BCUT2D eigenvalue weighted by Crippen LogP contribution is -2.36. The van der Waals surface area contributed by atoms with Crippen molar-refractivity contribution < 1.29 is 0 Å². The highest BCUT2D eigenvalue weighted by Crippen LogP contribution is 2.30. The number of aromatic nitrogens is 2. The zero-order valence-corrected chi connectivity index (χ0v) is 11.6. The largest absolute Gasteiger partial charge is 0.305 e. The molecule has 17 heavy (non-hydrogen) atoms. The van der Waals surface area contributed by atoms with Crippen molar-refractivity contribution in [3.8, 4) is 0 Å². The Morgan fingerprint density at radius 1 is 1.35 bits per heavy atom. The highest BCUT2D eigenvalue weighted by molar-refractivity contribution is 7.99. The molecule has 0 saturated heterocycles. The Morgan fingerprint density at radius 3 is 2.82 bits per heavy atom. The zero-order valence-electron chi connectivity index (χ0n) is 10.8. The van der Waals surface area contributed by atoms with Crippen LogP contribution in [0.4, 0.5) is 0 Å². The molecule has 4 heteroatoms. The van der Waals surface area contributed by atoms with Crippen LogP contribution in [0.15, 0.2) is 12.4 Å². The molecule has 0 radical (unpaired) electrons. The van der Waals surface area contributed by atoms with Crippen molar-refractivity contribution in [2.45, 2.75) is 50.4 Å². The molecular formula is C13H21N3S. The molecule has 3 unspecified atom stereocenters. The van der Waals surface area contributed by atoms with Crippen LogP contribution in [0.3, 0.4) is 0 Å². The molecular weight excluding hydrogens is 230 g/mol. The van der Waals surface area contributed by atoms with Crippen molar-refractivity contribution in [1.82, 2.24) is 15.3 Å². The normalized spacial score (nSPS) is 26.1. The fourth-order valence-corrected chi connectivity index (χ4v) is 3.59. The average Bonchev–Trinajstić information content (AvgIpc) is 2.76. The molecule has 0 aromatic carbocycles. The molecule has 0 aliphatic heterocycles. The van der Waals surface area contributed by atoms with Crippen molar-refractivity contribution in [2.75, 3.05) is 6.26 Å². The molecule has 0 bridgehead atoms. The lowest BCUT2D eigenvalue weighted by Gasteiger charge is -2.24. The van der Waals surface area contributed by atoms with E-state index in [-0.39, 0.29) is 0 Å². The number of nitrogens with one attached hydrogen (secondary N) is 1. The third-order valence-electron chi connectivity index (χ3n) is 3.55. The maximum absolute atomic E-state index is 4.44. The van der Waals surface area contributed by atoms with Crippen LogP contribution in [-0.4, -0.2) is 27.5 Å². The van der Waals surface area contributed by atoms with E-state index in [2.05, 4.69) is 28.5 Å². The molecule has 1 fully saturated rings. The first-order valence-corrected chi connectivity index (χ1v) is 7.57. The molecule has 3 atom stereocenters. The molecule has 1 N–H and O–H groups in total. The second-order valence-electron chi connectivity index (χ2n) is 4.73. The van der Waals surface area contributed by atoms with Gasteiger partial charge in [-0.15, -0.1) is 0 Å². The molecule has 1 aliphatic carbocycles. The number of nitrogens with zero attached hydrogens (tertiary/aromatic N) is 2. The van der Waals surface area contributed by atoms with E-state index < -0.39 is 0 Å². The summed E-state index contributed by atoms with van der Waals surface area (Å²) in [6, 6.07) is 0.919. The molecule has 1 aromatic heterocycles.